The zero-order chi connectivity index (χ0) is 19.9. The van der Waals surface area contributed by atoms with Crippen molar-refractivity contribution in [1.29, 1.82) is 0 Å². The molecule has 1 aliphatic heterocycles. The molecule has 1 aromatic carbocycles. The first kappa shape index (κ1) is 19.5. The summed E-state index contributed by atoms with van der Waals surface area (Å²) in [4.78, 5) is 12.9. The molecule has 7 nitrogen and oxygen atoms in total. The van der Waals surface area contributed by atoms with Crippen LogP contribution < -0.4 is 5.32 Å². The third kappa shape index (κ3) is 3.97. The highest BCUT2D eigenvalue weighted by Gasteiger charge is 2.33. The number of aryl methyl sites for hydroxylation is 2. The minimum absolute atomic E-state index is 0.0951. The van der Waals surface area contributed by atoms with Gasteiger partial charge in [-0.2, -0.15) is 4.31 Å². The lowest BCUT2D eigenvalue weighted by Crippen LogP contribution is -2.41. The number of aromatic nitrogens is 2. The van der Waals surface area contributed by atoms with E-state index in [0.29, 0.717) is 41.9 Å². The van der Waals surface area contributed by atoms with Crippen LogP contribution in [0.4, 0.5) is 5.13 Å². The lowest BCUT2D eigenvalue weighted by Gasteiger charge is -2.30. The molecule has 1 aromatic heterocycles. The van der Waals surface area contributed by atoms with Crippen molar-refractivity contribution < 1.29 is 13.2 Å². The molecule has 1 saturated heterocycles. The highest BCUT2D eigenvalue weighted by atomic mass is 32.2. The Labute approximate surface area is 169 Å². The van der Waals surface area contributed by atoms with Crippen LogP contribution in [0.25, 0.3) is 0 Å². The minimum atomic E-state index is -3.54. The molecule has 0 radical (unpaired) electrons. The lowest BCUT2D eigenvalue weighted by atomic mass is 9.97. The van der Waals surface area contributed by atoms with Crippen LogP contribution >= 0.6 is 11.3 Å². The zero-order valence-electron chi connectivity index (χ0n) is 16.0. The third-order valence-corrected chi connectivity index (χ3v) is 8.43. The standard InChI is InChI=1S/C19H24N4O3S2/c1-12-3-4-13(2)16(11-12)28(25,26)23-9-7-14(8-10-23)17(24)20-19-22-21-18(27-19)15-5-6-15/h3-4,11,14-15H,5-10H2,1-2H3,(H,20,22,24). The van der Waals surface area contributed by atoms with Crippen LogP contribution in [-0.4, -0.2) is 41.9 Å². The van der Waals surface area contributed by atoms with Crippen molar-refractivity contribution >= 4 is 32.4 Å². The van der Waals surface area contributed by atoms with Crippen molar-refractivity contribution in [3.63, 3.8) is 0 Å². The summed E-state index contributed by atoms with van der Waals surface area (Å²) < 4.78 is 27.5. The van der Waals surface area contributed by atoms with Crippen molar-refractivity contribution in [2.75, 3.05) is 18.4 Å². The molecule has 1 aliphatic carbocycles. The van der Waals surface area contributed by atoms with Gasteiger partial charge >= 0.3 is 0 Å². The second kappa shape index (κ2) is 7.53. The van der Waals surface area contributed by atoms with Gasteiger partial charge < -0.3 is 5.32 Å². The molecule has 0 bridgehead atoms. The number of benzene rings is 1. The minimum Gasteiger partial charge on any atom is -0.300 e. The average Bonchev–Trinajstić information content (AvgIpc) is 3.43. The summed E-state index contributed by atoms with van der Waals surface area (Å²) in [5, 5.41) is 12.6. The van der Waals surface area contributed by atoms with E-state index in [1.807, 2.05) is 26.0 Å². The van der Waals surface area contributed by atoms with Gasteiger partial charge in [-0.25, -0.2) is 8.42 Å². The first-order chi connectivity index (χ1) is 13.3. The van der Waals surface area contributed by atoms with Crippen LogP contribution in [0.15, 0.2) is 23.1 Å². The molecule has 1 saturated carbocycles. The van der Waals surface area contributed by atoms with E-state index in [1.54, 1.807) is 6.07 Å². The Morgan fingerprint density at radius 1 is 1.14 bits per heavy atom. The van der Waals surface area contributed by atoms with Gasteiger partial charge in [0.1, 0.15) is 5.01 Å². The molecule has 2 heterocycles. The maximum Gasteiger partial charge on any atom is 0.243 e. The van der Waals surface area contributed by atoms with Crippen LogP contribution in [0.5, 0.6) is 0 Å². The van der Waals surface area contributed by atoms with Crippen molar-refractivity contribution in [2.24, 2.45) is 5.92 Å². The summed E-state index contributed by atoms with van der Waals surface area (Å²) in [6, 6.07) is 5.46. The predicted molar refractivity (Wildman–Crippen MR) is 108 cm³/mol. The molecular weight excluding hydrogens is 396 g/mol. The van der Waals surface area contributed by atoms with E-state index in [2.05, 4.69) is 15.5 Å². The fourth-order valence-corrected chi connectivity index (χ4v) is 6.17. The molecule has 9 heteroatoms. The van der Waals surface area contributed by atoms with Crippen molar-refractivity contribution in [2.45, 2.75) is 50.3 Å². The molecule has 0 spiro atoms. The van der Waals surface area contributed by atoms with Crippen LogP contribution in [0.3, 0.4) is 0 Å². The molecule has 28 heavy (non-hydrogen) atoms. The number of nitrogens with one attached hydrogen (secondary N) is 1. The zero-order valence-corrected chi connectivity index (χ0v) is 17.6. The number of amides is 1. The Balaban J connectivity index is 1.38. The predicted octanol–water partition coefficient (Wildman–Crippen LogP) is 3.07. The number of carbonyl (C=O) groups is 1. The third-order valence-electron chi connectivity index (χ3n) is 5.38. The van der Waals surface area contributed by atoms with E-state index in [9.17, 15) is 13.2 Å². The average molecular weight is 421 g/mol. The number of rotatable bonds is 5. The monoisotopic (exact) mass is 420 g/mol. The molecular formula is C19H24N4O3S2. The molecule has 0 unspecified atom stereocenters. The fraction of sp³-hybridized carbons (Fsp3) is 0.526. The number of hydrogen-bond acceptors (Lipinski definition) is 6. The van der Waals surface area contributed by atoms with Crippen LogP contribution in [0, 0.1) is 19.8 Å². The SMILES string of the molecule is Cc1ccc(C)c(S(=O)(=O)N2CCC(C(=O)Nc3nnc(C4CC4)s3)CC2)c1. The number of carbonyl (C=O) groups excluding carboxylic acids is 1. The molecule has 0 atom stereocenters. The van der Waals surface area contributed by atoms with E-state index < -0.39 is 10.0 Å². The van der Waals surface area contributed by atoms with E-state index in [4.69, 9.17) is 0 Å². The van der Waals surface area contributed by atoms with E-state index in [-0.39, 0.29) is 11.8 Å². The van der Waals surface area contributed by atoms with Gasteiger partial charge in [0, 0.05) is 24.9 Å². The van der Waals surface area contributed by atoms with Gasteiger partial charge in [-0.1, -0.05) is 23.5 Å². The first-order valence-corrected chi connectivity index (χ1v) is 11.8. The summed E-state index contributed by atoms with van der Waals surface area (Å²) in [5.41, 5.74) is 1.66. The number of nitrogens with zero attached hydrogens (tertiary/aromatic N) is 3. The van der Waals surface area contributed by atoms with Crippen molar-refractivity contribution in [3.8, 4) is 0 Å². The fourth-order valence-electron chi connectivity index (χ4n) is 3.47. The smallest absolute Gasteiger partial charge is 0.243 e. The topological polar surface area (TPSA) is 92.3 Å². The first-order valence-electron chi connectivity index (χ1n) is 9.56. The summed E-state index contributed by atoms with van der Waals surface area (Å²) in [6.07, 6.45) is 3.31. The summed E-state index contributed by atoms with van der Waals surface area (Å²) in [7, 11) is -3.54. The summed E-state index contributed by atoms with van der Waals surface area (Å²) in [5.74, 6) is 0.210. The van der Waals surface area contributed by atoms with Gasteiger partial charge in [0.25, 0.3) is 0 Å². The second-order valence-electron chi connectivity index (χ2n) is 7.66. The Morgan fingerprint density at radius 2 is 1.86 bits per heavy atom. The van der Waals surface area contributed by atoms with E-state index in [1.165, 1.54) is 15.6 Å². The number of piperidine rings is 1. The van der Waals surface area contributed by atoms with Gasteiger partial charge in [-0.15, -0.1) is 10.2 Å². The summed E-state index contributed by atoms with van der Waals surface area (Å²) in [6.45, 7) is 4.39. The maximum absolute atomic E-state index is 13.0. The van der Waals surface area contributed by atoms with Crippen LogP contribution in [0.1, 0.15) is 47.7 Å². The lowest BCUT2D eigenvalue weighted by molar-refractivity contribution is -0.120. The maximum atomic E-state index is 13.0. The quantitative estimate of drug-likeness (QED) is 0.802. The second-order valence-corrected chi connectivity index (χ2v) is 10.6. The van der Waals surface area contributed by atoms with E-state index >= 15 is 0 Å². The van der Waals surface area contributed by atoms with Gasteiger partial charge in [-0.3, -0.25) is 4.79 Å². The highest BCUT2D eigenvalue weighted by Crippen LogP contribution is 2.42. The largest absolute Gasteiger partial charge is 0.300 e. The Hall–Kier alpha value is -1.84. The van der Waals surface area contributed by atoms with Gasteiger partial charge in [0.05, 0.1) is 4.90 Å². The molecule has 2 fully saturated rings. The molecule has 1 N–H and O–H groups in total. The Morgan fingerprint density at radius 3 is 2.54 bits per heavy atom. The highest BCUT2D eigenvalue weighted by molar-refractivity contribution is 7.89. The number of hydrogen-bond donors (Lipinski definition) is 1. The van der Waals surface area contributed by atoms with Gasteiger partial charge in [0.15, 0.2) is 0 Å². The number of sulfonamides is 1. The molecule has 150 valence electrons. The van der Waals surface area contributed by atoms with E-state index in [0.717, 1.165) is 29.0 Å². The molecule has 4 rings (SSSR count). The Bertz CT molecular complexity index is 990. The van der Waals surface area contributed by atoms with Gasteiger partial charge in [-0.05, 0) is 56.7 Å². The molecule has 1 amide bonds. The molecule has 2 aromatic rings. The summed E-state index contributed by atoms with van der Waals surface area (Å²) >= 11 is 1.44. The van der Waals surface area contributed by atoms with Crippen LogP contribution in [-0.2, 0) is 14.8 Å². The number of anilines is 1. The normalized spacial score (nSPS) is 18.9. The Kier molecular flexibility index (Phi) is 5.24. The van der Waals surface area contributed by atoms with Crippen molar-refractivity contribution in [3.05, 3.63) is 34.3 Å². The van der Waals surface area contributed by atoms with Gasteiger partial charge in [0.2, 0.25) is 21.1 Å². The van der Waals surface area contributed by atoms with Crippen molar-refractivity contribution in [1.82, 2.24) is 14.5 Å². The van der Waals surface area contributed by atoms with Crippen LogP contribution in [0.2, 0.25) is 0 Å². The molecule has 2 aliphatic rings.